The van der Waals surface area contributed by atoms with Gasteiger partial charge in [0, 0.05) is 29.1 Å². The van der Waals surface area contributed by atoms with Gasteiger partial charge in [0.25, 0.3) is 0 Å². The molecule has 3 rings (SSSR count). The first-order valence-electron chi connectivity index (χ1n) is 9.98. The van der Waals surface area contributed by atoms with Gasteiger partial charge in [0.1, 0.15) is 18.2 Å². The molecule has 3 aromatic rings. The molecule has 0 unspecified atom stereocenters. The second-order valence-corrected chi connectivity index (χ2v) is 8.59. The molecule has 0 spiro atoms. The van der Waals surface area contributed by atoms with Gasteiger partial charge in [-0.2, -0.15) is 0 Å². The summed E-state index contributed by atoms with van der Waals surface area (Å²) >= 11 is 6.00. The number of hydrogen-bond acceptors (Lipinski definition) is 3. The van der Waals surface area contributed by atoms with E-state index in [0.717, 1.165) is 5.69 Å². The lowest BCUT2D eigenvalue weighted by Crippen LogP contribution is -2.10. The van der Waals surface area contributed by atoms with Crippen molar-refractivity contribution in [1.29, 1.82) is 0 Å². The highest BCUT2D eigenvalue weighted by molar-refractivity contribution is 6.31. The number of allylic oxidation sites excluding steroid dienone is 1. The molecule has 0 heterocycles. The molecular formula is C26H25ClFNO2. The fraction of sp³-hybridized carbons (Fsp3) is 0.192. The van der Waals surface area contributed by atoms with E-state index in [1.165, 1.54) is 17.7 Å². The summed E-state index contributed by atoms with van der Waals surface area (Å²) < 4.78 is 19.4. The molecule has 0 amide bonds. The standard InChI is InChI=1S/C26H25ClFNO2/c1-26(2,3)19-9-11-20(12-10-19)29-16-15-25(30)18-7-13-21(14-8-18)31-17-22-23(27)5-4-6-24(22)28/h4-16,29H,17H2,1-3H3. The number of benzene rings is 3. The molecule has 3 aromatic carbocycles. The molecule has 0 aliphatic heterocycles. The minimum atomic E-state index is -0.412. The number of nitrogens with one attached hydrogen (secondary N) is 1. The van der Waals surface area contributed by atoms with Crippen LogP contribution in [0, 0.1) is 5.82 Å². The Balaban J connectivity index is 1.55. The number of carbonyl (C=O) groups is 1. The molecule has 0 radical (unpaired) electrons. The van der Waals surface area contributed by atoms with Crippen molar-refractivity contribution in [2.24, 2.45) is 0 Å². The molecule has 3 nitrogen and oxygen atoms in total. The molecule has 1 N–H and O–H groups in total. The summed E-state index contributed by atoms with van der Waals surface area (Å²) in [6, 6.07) is 19.3. The fourth-order valence-electron chi connectivity index (χ4n) is 2.92. The van der Waals surface area contributed by atoms with E-state index in [1.54, 1.807) is 42.6 Å². The molecule has 5 heteroatoms. The van der Waals surface area contributed by atoms with Crippen molar-refractivity contribution < 1.29 is 13.9 Å². The van der Waals surface area contributed by atoms with Crippen molar-refractivity contribution in [1.82, 2.24) is 0 Å². The topological polar surface area (TPSA) is 38.3 Å². The van der Waals surface area contributed by atoms with E-state index in [4.69, 9.17) is 16.3 Å². The first-order chi connectivity index (χ1) is 14.7. The average Bonchev–Trinajstić information content (AvgIpc) is 2.73. The third-order valence-corrected chi connectivity index (χ3v) is 5.17. The first kappa shape index (κ1) is 22.6. The van der Waals surface area contributed by atoms with Crippen LogP contribution in [0.2, 0.25) is 5.02 Å². The third-order valence-electron chi connectivity index (χ3n) is 4.82. The first-order valence-corrected chi connectivity index (χ1v) is 10.4. The summed E-state index contributed by atoms with van der Waals surface area (Å²) in [5.41, 5.74) is 3.08. The molecular weight excluding hydrogens is 413 g/mol. The quantitative estimate of drug-likeness (QED) is 0.314. The van der Waals surface area contributed by atoms with Gasteiger partial charge in [0.15, 0.2) is 5.78 Å². The SMILES string of the molecule is CC(C)(C)c1ccc(NC=CC(=O)c2ccc(OCc3c(F)cccc3Cl)cc2)cc1. The van der Waals surface area contributed by atoms with Crippen LogP contribution in [-0.2, 0) is 12.0 Å². The predicted octanol–water partition coefficient (Wildman–Crippen LogP) is 7.16. The van der Waals surface area contributed by atoms with Crippen molar-refractivity contribution in [3.05, 3.63) is 107 Å². The van der Waals surface area contributed by atoms with E-state index in [1.807, 2.05) is 12.1 Å². The van der Waals surface area contributed by atoms with Gasteiger partial charge in [-0.15, -0.1) is 0 Å². The Labute approximate surface area is 187 Å². The van der Waals surface area contributed by atoms with Crippen LogP contribution in [0.5, 0.6) is 5.75 Å². The molecule has 0 saturated heterocycles. The van der Waals surface area contributed by atoms with Crippen LogP contribution >= 0.6 is 11.6 Å². The van der Waals surface area contributed by atoms with E-state index in [-0.39, 0.29) is 17.8 Å². The van der Waals surface area contributed by atoms with Crippen molar-refractivity contribution in [2.75, 3.05) is 5.32 Å². The summed E-state index contributed by atoms with van der Waals surface area (Å²) in [6.07, 6.45) is 3.10. The van der Waals surface area contributed by atoms with Gasteiger partial charge in [-0.05, 0) is 59.5 Å². The van der Waals surface area contributed by atoms with Crippen LogP contribution in [0.25, 0.3) is 0 Å². The van der Waals surface area contributed by atoms with E-state index >= 15 is 0 Å². The van der Waals surface area contributed by atoms with Crippen LogP contribution in [0.1, 0.15) is 42.3 Å². The molecule has 0 atom stereocenters. The third kappa shape index (κ3) is 6.19. The number of halogens is 2. The number of anilines is 1. The molecule has 0 aliphatic rings. The Morgan fingerprint density at radius 2 is 1.71 bits per heavy atom. The Kier molecular flexibility index (Phi) is 7.13. The predicted molar refractivity (Wildman–Crippen MR) is 124 cm³/mol. The van der Waals surface area contributed by atoms with E-state index < -0.39 is 5.82 Å². The lowest BCUT2D eigenvalue weighted by molar-refractivity contribution is 0.104. The maximum absolute atomic E-state index is 13.8. The van der Waals surface area contributed by atoms with Crippen molar-refractivity contribution in [2.45, 2.75) is 32.8 Å². The Morgan fingerprint density at radius 3 is 2.32 bits per heavy atom. The Hall–Kier alpha value is -3.11. The number of rotatable bonds is 7. The fourth-order valence-corrected chi connectivity index (χ4v) is 3.13. The molecule has 0 bridgehead atoms. The van der Waals surface area contributed by atoms with E-state index in [2.05, 4.69) is 38.2 Å². The highest BCUT2D eigenvalue weighted by atomic mass is 35.5. The lowest BCUT2D eigenvalue weighted by atomic mass is 9.87. The van der Waals surface area contributed by atoms with Crippen molar-refractivity contribution in [3.63, 3.8) is 0 Å². The smallest absolute Gasteiger partial charge is 0.187 e. The van der Waals surface area contributed by atoms with Crippen molar-refractivity contribution in [3.8, 4) is 5.75 Å². The molecule has 0 fully saturated rings. The highest BCUT2D eigenvalue weighted by Gasteiger charge is 2.12. The Bertz CT molecular complexity index is 1050. The zero-order valence-electron chi connectivity index (χ0n) is 17.8. The molecule has 0 aromatic heterocycles. The molecule has 0 aliphatic carbocycles. The number of hydrogen-bond donors (Lipinski definition) is 1. The zero-order valence-corrected chi connectivity index (χ0v) is 18.5. The normalized spacial score (nSPS) is 11.5. The van der Waals surface area contributed by atoms with Gasteiger partial charge in [-0.3, -0.25) is 4.79 Å². The zero-order chi connectivity index (χ0) is 22.4. The summed E-state index contributed by atoms with van der Waals surface area (Å²) in [7, 11) is 0. The summed E-state index contributed by atoms with van der Waals surface area (Å²) in [5, 5.41) is 3.43. The summed E-state index contributed by atoms with van der Waals surface area (Å²) in [4.78, 5) is 12.4. The van der Waals surface area contributed by atoms with Crippen LogP contribution < -0.4 is 10.1 Å². The monoisotopic (exact) mass is 437 g/mol. The van der Waals surface area contributed by atoms with E-state index in [0.29, 0.717) is 21.9 Å². The van der Waals surface area contributed by atoms with Gasteiger partial charge in [0.05, 0.1) is 5.02 Å². The number of carbonyl (C=O) groups excluding carboxylic acids is 1. The second-order valence-electron chi connectivity index (χ2n) is 8.18. The average molecular weight is 438 g/mol. The summed E-state index contributed by atoms with van der Waals surface area (Å²) in [5.74, 6) is -0.0237. The molecule has 160 valence electrons. The van der Waals surface area contributed by atoms with Crippen LogP contribution in [0.4, 0.5) is 10.1 Å². The maximum atomic E-state index is 13.8. The summed E-state index contributed by atoms with van der Waals surface area (Å²) in [6.45, 7) is 6.51. The van der Waals surface area contributed by atoms with Gasteiger partial charge in [-0.25, -0.2) is 4.39 Å². The minimum absolute atomic E-state index is 0.0105. The Morgan fingerprint density at radius 1 is 1.03 bits per heavy atom. The maximum Gasteiger partial charge on any atom is 0.187 e. The van der Waals surface area contributed by atoms with Crippen LogP contribution in [0.15, 0.2) is 79.0 Å². The molecule has 0 saturated carbocycles. The molecule has 31 heavy (non-hydrogen) atoms. The lowest BCUT2D eigenvalue weighted by Gasteiger charge is -2.19. The largest absolute Gasteiger partial charge is 0.489 e. The van der Waals surface area contributed by atoms with Gasteiger partial charge in [0.2, 0.25) is 0 Å². The second kappa shape index (κ2) is 9.80. The van der Waals surface area contributed by atoms with Gasteiger partial charge >= 0.3 is 0 Å². The van der Waals surface area contributed by atoms with Gasteiger partial charge in [-0.1, -0.05) is 50.6 Å². The number of ether oxygens (including phenoxy) is 1. The van der Waals surface area contributed by atoms with Crippen LogP contribution in [0.3, 0.4) is 0 Å². The minimum Gasteiger partial charge on any atom is -0.489 e. The van der Waals surface area contributed by atoms with Crippen LogP contribution in [-0.4, -0.2) is 5.78 Å². The highest BCUT2D eigenvalue weighted by Crippen LogP contribution is 2.24. The van der Waals surface area contributed by atoms with Crippen molar-refractivity contribution >= 4 is 23.1 Å². The van der Waals surface area contributed by atoms with E-state index in [9.17, 15) is 9.18 Å². The van der Waals surface area contributed by atoms with Gasteiger partial charge < -0.3 is 10.1 Å². The number of ketones is 1.